The summed E-state index contributed by atoms with van der Waals surface area (Å²) in [5.74, 6) is 0.679. The fraction of sp³-hybridized carbons (Fsp3) is 0.533. The Morgan fingerprint density at radius 1 is 1.47 bits per heavy atom. The van der Waals surface area contributed by atoms with Crippen LogP contribution in [0.5, 0.6) is 5.75 Å². The summed E-state index contributed by atoms with van der Waals surface area (Å²) in [6.07, 6.45) is 1.70. The van der Waals surface area contributed by atoms with E-state index >= 15 is 0 Å². The predicted molar refractivity (Wildman–Crippen MR) is 71.1 cm³/mol. The number of fused-ring (bicyclic) bond motifs is 1. The van der Waals surface area contributed by atoms with E-state index < -0.39 is 5.60 Å². The molecular formula is C15H19NO3. The first-order chi connectivity index (χ1) is 9.13. The van der Waals surface area contributed by atoms with Crippen molar-refractivity contribution in [3.63, 3.8) is 0 Å². The summed E-state index contributed by atoms with van der Waals surface area (Å²) in [6, 6.07) is 7.68. The van der Waals surface area contributed by atoms with Crippen LogP contribution < -0.4 is 4.74 Å². The number of rotatable bonds is 3. The SMILES string of the molecule is CCCC1(O)CN(C(=O)C2COc3ccccc32)C1. The molecule has 0 saturated carbocycles. The van der Waals surface area contributed by atoms with Gasteiger partial charge in [-0.3, -0.25) is 4.79 Å². The molecule has 1 atom stereocenters. The van der Waals surface area contributed by atoms with Crippen molar-refractivity contribution >= 4 is 5.91 Å². The normalized spacial score (nSPS) is 23.5. The molecule has 19 heavy (non-hydrogen) atoms. The Morgan fingerprint density at radius 2 is 2.21 bits per heavy atom. The second-order valence-electron chi connectivity index (χ2n) is 5.57. The molecule has 1 amide bonds. The molecular weight excluding hydrogens is 242 g/mol. The molecule has 2 heterocycles. The van der Waals surface area contributed by atoms with Crippen molar-refractivity contribution in [2.24, 2.45) is 0 Å². The van der Waals surface area contributed by atoms with Gasteiger partial charge in [0.2, 0.25) is 5.91 Å². The molecule has 1 fully saturated rings. The monoisotopic (exact) mass is 261 g/mol. The Morgan fingerprint density at radius 3 is 2.95 bits per heavy atom. The molecule has 102 valence electrons. The van der Waals surface area contributed by atoms with E-state index in [9.17, 15) is 9.90 Å². The molecule has 0 spiro atoms. The van der Waals surface area contributed by atoms with E-state index in [-0.39, 0.29) is 11.8 Å². The lowest BCUT2D eigenvalue weighted by Crippen LogP contribution is -2.64. The van der Waals surface area contributed by atoms with E-state index in [1.165, 1.54) is 0 Å². The molecule has 3 rings (SSSR count). The summed E-state index contributed by atoms with van der Waals surface area (Å²) >= 11 is 0. The van der Waals surface area contributed by atoms with E-state index in [2.05, 4.69) is 0 Å². The first-order valence-electron chi connectivity index (χ1n) is 6.86. The minimum atomic E-state index is -0.663. The summed E-state index contributed by atoms with van der Waals surface area (Å²) in [7, 11) is 0. The summed E-state index contributed by atoms with van der Waals surface area (Å²) in [5, 5.41) is 10.1. The van der Waals surface area contributed by atoms with Crippen LogP contribution in [0.2, 0.25) is 0 Å². The standard InChI is InChI=1S/C15H19NO3/c1-2-7-15(18)9-16(10-15)14(17)12-8-19-13-6-4-3-5-11(12)13/h3-6,12,18H,2,7-10H2,1H3. The van der Waals surface area contributed by atoms with Crippen molar-refractivity contribution in [1.29, 1.82) is 0 Å². The number of para-hydroxylation sites is 1. The van der Waals surface area contributed by atoms with Crippen LogP contribution in [0.25, 0.3) is 0 Å². The van der Waals surface area contributed by atoms with Crippen molar-refractivity contribution in [2.75, 3.05) is 19.7 Å². The van der Waals surface area contributed by atoms with Crippen LogP contribution >= 0.6 is 0 Å². The molecule has 1 aromatic rings. The van der Waals surface area contributed by atoms with Gasteiger partial charge in [0.15, 0.2) is 0 Å². The fourth-order valence-electron chi connectivity index (χ4n) is 3.03. The fourth-order valence-corrected chi connectivity index (χ4v) is 3.03. The van der Waals surface area contributed by atoms with Crippen LogP contribution in [0, 0.1) is 0 Å². The molecule has 2 aliphatic heterocycles. The third kappa shape index (κ3) is 2.10. The number of hydrogen-bond donors (Lipinski definition) is 1. The Kier molecular flexibility index (Phi) is 2.97. The topological polar surface area (TPSA) is 49.8 Å². The van der Waals surface area contributed by atoms with Crippen molar-refractivity contribution in [3.8, 4) is 5.75 Å². The molecule has 4 nitrogen and oxygen atoms in total. The zero-order valence-corrected chi connectivity index (χ0v) is 11.1. The van der Waals surface area contributed by atoms with Gasteiger partial charge in [0.25, 0.3) is 0 Å². The lowest BCUT2D eigenvalue weighted by molar-refractivity contribution is -0.158. The minimum Gasteiger partial charge on any atom is -0.492 e. The van der Waals surface area contributed by atoms with Gasteiger partial charge in [-0.15, -0.1) is 0 Å². The Labute approximate surface area is 113 Å². The van der Waals surface area contributed by atoms with Gasteiger partial charge in [0, 0.05) is 5.56 Å². The summed E-state index contributed by atoms with van der Waals surface area (Å²) in [4.78, 5) is 14.2. The highest BCUT2D eigenvalue weighted by molar-refractivity contribution is 5.86. The number of β-amino-alcohol motifs (C(OH)–C–C–N with tert-alkyl or cyclic N) is 1. The number of benzene rings is 1. The van der Waals surface area contributed by atoms with E-state index in [4.69, 9.17) is 4.74 Å². The molecule has 1 unspecified atom stereocenters. The molecule has 0 radical (unpaired) electrons. The molecule has 1 saturated heterocycles. The van der Waals surface area contributed by atoms with Gasteiger partial charge in [0.1, 0.15) is 18.3 Å². The van der Waals surface area contributed by atoms with Crippen LogP contribution in [-0.2, 0) is 4.79 Å². The molecule has 0 bridgehead atoms. The highest BCUT2D eigenvalue weighted by Crippen LogP contribution is 2.37. The summed E-state index contributed by atoms with van der Waals surface area (Å²) < 4.78 is 5.54. The molecule has 0 aromatic heterocycles. The first-order valence-corrected chi connectivity index (χ1v) is 6.86. The number of ether oxygens (including phenoxy) is 1. The second-order valence-corrected chi connectivity index (χ2v) is 5.57. The largest absolute Gasteiger partial charge is 0.492 e. The van der Waals surface area contributed by atoms with Crippen LogP contribution in [0.4, 0.5) is 0 Å². The minimum absolute atomic E-state index is 0.0747. The Bertz CT molecular complexity index is 494. The molecule has 0 aliphatic carbocycles. The van der Waals surface area contributed by atoms with E-state index in [0.29, 0.717) is 19.7 Å². The number of carbonyl (C=O) groups excluding carboxylic acids is 1. The maximum atomic E-state index is 12.4. The molecule has 1 N–H and O–H groups in total. The highest BCUT2D eigenvalue weighted by Gasteiger charge is 2.45. The lowest BCUT2D eigenvalue weighted by Gasteiger charge is -2.47. The molecule has 4 heteroatoms. The van der Waals surface area contributed by atoms with Gasteiger partial charge in [-0.2, -0.15) is 0 Å². The number of hydrogen-bond acceptors (Lipinski definition) is 3. The maximum absolute atomic E-state index is 12.4. The number of amides is 1. The van der Waals surface area contributed by atoms with Crippen molar-refractivity contribution in [3.05, 3.63) is 29.8 Å². The zero-order valence-electron chi connectivity index (χ0n) is 11.1. The van der Waals surface area contributed by atoms with Crippen LogP contribution in [0.15, 0.2) is 24.3 Å². The van der Waals surface area contributed by atoms with Crippen LogP contribution in [0.3, 0.4) is 0 Å². The summed E-state index contributed by atoms with van der Waals surface area (Å²) in [5.41, 5.74) is 0.307. The number of likely N-dealkylation sites (tertiary alicyclic amines) is 1. The van der Waals surface area contributed by atoms with Gasteiger partial charge >= 0.3 is 0 Å². The van der Waals surface area contributed by atoms with Gasteiger partial charge in [-0.25, -0.2) is 0 Å². The average Bonchev–Trinajstić information content (AvgIpc) is 2.79. The average molecular weight is 261 g/mol. The van der Waals surface area contributed by atoms with Crippen molar-refractivity contribution < 1.29 is 14.6 Å². The Balaban J connectivity index is 1.68. The smallest absolute Gasteiger partial charge is 0.233 e. The molecule has 2 aliphatic rings. The maximum Gasteiger partial charge on any atom is 0.233 e. The first kappa shape index (κ1) is 12.5. The number of aliphatic hydroxyl groups is 1. The second kappa shape index (κ2) is 4.53. The zero-order chi connectivity index (χ0) is 13.5. The number of nitrogens with zero attached hydrogens (tertiary/aromatic N) is 1. The Hall–Kier alpha value is -1.55. The van der Waals surface area contributed by atoms with Gasteiger partial charge in [-0.05, 0) is 12.5 Å². The van der Waals surface area contributed by atoms with Crippen LogP contribution in [0.1, 0.15) is 31.2 Å². The summed E-state index contributed by atoms with van der Waals surface area (Å²) in [6.45, 7) is 3.38. The van der Waals surface area contributed by atoms with Crippen LogP contribution in [-0.4, -0.2) is 41.2 Å². The number of carbonyl (C=O) groups is 1. The molecule has 1 aromatic carbocycles. The van der Waals surface area contributed by atoms with Crippen molar-refractivity contribution in [1.82, 2.24) is 4.90 Å². The van der Waals surface area contributed by atoms with Crippen molar-refractivity contribution in [2.45, 2.75) is 31.3 Å². The third-order valence-electron chi connectivity index (χ3n) is 4.00. The van der Waals surface area contributed by atoms with E-state index in [0.717, 1.165) is 24.2 Å². The quantitative estimate of drug-likeness (QED) is 0.898. The predicted octanol–water partition coefficient (Wildman–Crippen LogP) is 1.54. The highest BCUT2D eigenvalue weighted by atomic mass is 16.5. The van der Waals surface area contributed by atoms with E-state index in [1.807, 2.05) is 31.2 Å². The van der Waals surface area contributed by atoms with E-state index in [1.54, 1.807) is 4.90 Å². The van der Waals surface area contributed by atoms with Gasteiger partial charge in [0.05, 0.1) is 18.7 Å². The lowest BCUT2D eigenvalue weighted by atomic mass is 9.87. The van der Waals surface area contributed by atoms with Gasteiger partial charge < -0.3 is 14.7 Å². The third-order valence-corrected chi connectivity index (χ3v) is 4.00. The van der Waals surface area contributed by atoms with Gasteiger partial charge in [-0.1, -0.05) is 31.5 Å².